The van der Waals surface area contributed by atoms with Crippen molar-refractivity contribution in [3.63, 3.8) is 0 Å². The maximum atomic E-state index is 8.59. The van der Waals surface area contributed by atoms with Gasteiger partial charge in [0.2, 0.25) is 0 Å². The van der Waals surface area contributed by atoms with E-state index in [0.717, 1.165) is 10.9 Å². The fourth-order valence-electron chi connectivity index (χ4n) is 1.28. The van der Waals surface area contributed by atoms with Crippen LogP contribution in [0.5, 0.6) is 0 Å². The third-order valence-electron chi connectivity index (χ3n) is 1.87. The Bertz CT molecular complexity index is 411. The van der Waals surface area contributed by atoms with Crippen molar-refractivity contribution in [2.75, 3.05) is 0 Å². The first-order valence-electron chi connectivity index (χ1n) is 3.97. The Balaban J connectivity index is 2.61. The van der Waals surface area contributed by atoms with Crippen molar-refractivity contribution < 1.29 is 5.21 Å². The van der Waals surface area contributed by atoms with Crippen molar-refractivity contribution in [2.24, 2.45) is 0 Å². The second-order valence-corrected chi connectivity index (χ2v) is 2.68. The highest BCUT2D eigenvalue weighted by molar-refractivity contribution is 5.77. The lowest BCUT2D eigenvalue weighted by atomic mass is 10.1. The van der Waals surface area contributed by atoms with Crippen LogP contribution in [0.1, 0.15) is 5.56 Å². The molecule has 0 aliphatic rings. The third-order valence-corrected chi connectivity index (χ3v) is 1.87. The number of rotatable bonds is 2. The molecule has 0 aliphatic carbocycles. The summed E-state index contributed by atoms with van der Waals surface area (Å²) in [4.78, 5) is 8.21. The minimum absolute atomic E-state index is 0.407. The number of nitrogens with one attached hydrogen (secondary N) is 1. The van der Waals surface area contributed by atoms with E-state index >= 15 is 0 Å². The summed E-state index contributed by atoms with van der Waals surface area (Å²) in [6.45, 7) is 0.407. The topological polar surface area (TPSA) is 58.0 Å². The molecular formula is C9H9N3O. The number of fused-ring (bicyclic) bond motifs is 1. The van der Waals surface area contributed by atoms with E-state index in [0.29, 0.717) is 12.2 Å². The molecule has 0 amide bonds. The number of aromatic nitrogens is 2. The first-order valence-corrected chi connectivity index (χ1v) is 3.97. The van der Waals surface area contributed by atoms with Crippen molar-refractivity contribution in [1.29, 1.82) is 0 Å². The number of hydroxylamine groups is 1. The standard InChI is InChI=1S/C9H9N3O/c13-12-6-7-3-5-11-9-8(7)2-1-4-10-9/h1-5,12-13H,6H2. The van der Waals surface area contributed by atoms with E-state index in [1.54, 1.807) is 12.4 Å². The van der Waals surface area contributed by atoms with Crippen LogP contribution in [0.4, 0.5) is 0 Å². The maximum absolute atomic E-state index is 8.59. The van der Waals surface area contributed by atoms with E-state index in [1.807, 2.05) is 18.2 Å². The number of hydrogen-bond acceptors (Lipinski definition) is 4. The lowest BCUT2D eigenvalue weighted by Gasteiger charge is -2.02. The molecule has 2 aromatic rings. The Hall–Kier alpha value is -1.52. The summed E-state index contributed by atoms with van der Waals surface area (Å²) in [5.74, 6) is 0. The highest BCUT2D eigenvalue weighted by atomic mass is 16.5. The van der Waals surface area contributed by atoms with Gasteiger partial charge in [-0.25, -0.2) is 15.4 Å². The van der Waals surface area contributed by atoms with Crippen LogP contribution in [0.3, 0.4) is 0 Å². The highest BCUT2D eigenvalue weighted by Gasteiger charge is 2.00. The highest BCUT2D eigenvalue weighted by Crippen LogP contribution is 2.13. The van der Waals surface area contributed by atoms with E-state index in [9.17, 15) is 0 Å². The Morgan fingerprint density at radius 3 is 2.92 bits per heavy atom. The molecule has 0 saturated heterocycles. The minimum atomic E-state index is 0.407. The second-order valence-electron chi connectivity index (χ2n) is 2.68. The van der Waals surface area contributed by atoms with Gasteiger partial charge in [-0.15, -0.1) is 0 Å². The smallest absolute Gasteiger partial charge is 0.159 e. The van der Waals surface area contributed by atoms with Crippen molar-refractivity contribution in [3.05, 3.63) is 36.2 Å². The summed E-state index contributed by atoms with van der Waals surface area (Å²) in [5.41, 5.74) is 3.81. The molecule has 0 fully saturated rings. The molecule has 0 radical (unpaired) electrons. The van der Waals surface area contributed by atoms with Crippen LogP contribution < -0.4 is 5.48 Å². The zero-order valence-corrected chi connectivity index (χ0v) is 6.94. The minimum Gasteiger partial charge on any atom is -0.316 e. The predicted molar refractivity (Wildman–Crippen MR) is 48.2 cm³/mol. The largest absolute Gasteiger partial charge is 0.316 e. The molecule has 0 aromatic carbocycles. The van der Waals surface area contributed by atoms with Gasteiger partial charge in [0.1, 0.15) is 0 Å². The van der Waals surface area contributed by atoms with Crippen molar-refractivity contribution in [1.82, 2.24) is 15.4 Å². The lowest BCUT2D eigenvalue weighted by Crippen LogP contribution is -2.06. The van der Waals surface area contributed by atoms with Crippen LogP contribution in [0.25, 0.3) is 11.0 Å². The van der Waals surface area contributed by atoms with Gasteiger partial charge in [-0.2, -0.15) is 0 Å². The summed E-state index contributed by atoms with van der Waals surface area (Å²) in [6, 6.07) is 5.64. The summed E-state index contributed by atoms with van der Waals surface area (Å²) >= 11 is 0. The molecule has 0 unspecified atom stereocenters. The van der Waals surface area contributed by atoms with Gasteiger partial charge in [-0.1, -0.05) is 0 Å². The quantitative estimate of drug-likeness (QED) is 0.671. The van der Waals surface area contributed by atoms with Crippen molar-refractivity contribution in [2.45, 2.75) is 6.54 Å². The zero-order chi connectivity index (χ0) is 9.10. The molecule has 0 spiro atoms. The number of pyridine rings is 2. The molecule has 0 bridgehead atoms. The molecule has 0 aliphatic heterocycles. The van der Waals surface area contributed by atoms with Gasteiger partial charge in [-0.3, -0.25) is 0 Å². The van der Waals surface area contributed by atoms with Crippen LogP contribution in [-0.2, 0) is 6.54 Å². The van der Waals surface area contributed by atoms with Crippen molar-refractivity contribution >= 4 is 11.0 Å². The van der Waals surface area contributed by atoms with E-state index in [1.165, 1.54) is 0 Å². The summed E-state index contributed by atoms with van der Waals surface area (Å²) in [5, 5.41) is 9.55. The van der Waals surface area contributed by atoms with Gasteiger partial charge in [0, 0.05) is 24.3 Å². The molecule has 0 atom stereocenters. The Labute approximate surface area is 75.2 Å². The van der Waals surface area contributed by atoms with Crippen LogP contribution in [0.15, 0.2) is 30.6 Å². The Morgan fingerprint density at radius 1 is 1.23 bits per heavy atom. The van der Waals surface area contributed by atoms with E-state index in [4.69, 9.17) is 5.21 Å². The first kappa shape index (κ1) is 8.10. The average molecular weight is 175 g/mol. The zero-order valence-electron chi connectivity index (χ0n) is 6.94. The van der Waals surface area contributed by atoms with Gasteiger partial charge in [-0.05, 0) is 23.8 Å². The normalized spacial score (nSPS) is 10.5. The SMILES string of the molecule is ONCc1ccnc2ncccc12. The summed E-state index contributed by atoms with van der Waals surface area (Å²) in [6.07, 6.45) is 3.38. The summed E-state index contributed by atoms with van der Waals surface area (Å²) in [7, 11) is 0. The molecule has 2 N–H and O–H groups in total. The molecule has 13 heavy (non-hydrogen) atoms. The van der Waals surface area contributed by atoms with E-state index in [-0.39, 0.29) is 0 Å². The first-order chi connectivity index (χ1) is 6.42. The van der Waals surface area contributed by atoms with Crippen molar-refractivity contribution in [3.8, 4) is 0 Å². The monoisotopic (exact) mass is 175 g/mol. The number of nitrogens with zero attached hydrogens (tertiary/aromatic N) is 2. The van der Waals surface area contributed by atoms with Gasteiger partial charge < -0.3 is 5.21 Å². The number of hydrogen-bond donors (Lipinski definition) is 2. The Kier molecular flexibility index (Phi) is 2.16. The van der Waals surface area contributed by atoms with Gasteiger partial charge in [0.15, 0.2) is 5.65 Å². The molecule has 2 heterocycles. The molecular weight excluding hydrogens is 166 g/mol. The molecule has 66 valence electrons. The molecule has 2 rings (SSSR count). The van der Waals surface area contributed by atoms with Gasteiger partial charge in [0.05, 0.1) is 0 Å². The van der Waals surface area contributed by atoms with Gasteiger partial charge in [0.25, 0.3) is 0 Å². The summed E-state index contributed by atoms with van der Waals surface area (Å²) < 4.78 is 0. The second kappa shape index (κ2) is 3.47. The van der Waals surface area contributed by atoms with Crippen LogP contribution in [-0.4, -0.2) is 15.2 Å². The van der Waals surface area contributed by atoms with Crippen LogP contribution >= 0.6 is 0 Å². The van der Waals surface area contributed by atoms with Gasteiger partial charge >= 0.3 is 0 Å². The van der Waals surface area contributed by atoms with E-state index in [2.05, 4.69) is 15.4 Å². The molecule has 2 aromatic heterocycles. The van der Waals surface area contributed by atoms with Crippen LogP contribution in [0.2, 0.25) is 0 Å². The van der Waals surface area contributed by atoms with Crippen LogP contribution in [0, 0.1) is 0 Å². The fourth-order valence-corrected chi connectivity index (χ4v) is 1.28. The molecule has 4 nitrogen and oxygen atoms in total. The molecule has 4 heteroatoms. The van der Waals surface area contributed by atoms with E-state index < -0.39 is 0 Å². The molecule has 0 saturated carbocycles. The lowest BCUT2D eigenvalue weighted by molar-refractivity contribution is 0.161. The predicted octanol–water partition coefficient (Wildman–Crippen LogP) is 1.11. The maximum Gasteiger partial charge on any atom is 0.159 e. The Morgan fingerprint density at radius 2 is 2.08 bits per heavy atom. The fraction of sp³-hybridized carbons (Fsp3) is 0.111. The average Bonchev–Trinajstić information content (AvgIpc) is 2.19. The third kappa shape index (κ3) is 1.49.